The van der Waals surface area contributed by atoms with Crippen molar-refractivity contribution in [2.75, 3.05) is 6.67 Å². The molecule has 2 heteroatoms. The van der Waals surface area contributed by atoms with Crippen LogP contribution in [0.25, 0.3) is 0 Å². The molecule has 0 spiro atoms. The van der Waals surface area contributed by atoms with Crippen molar-refractivity contribution in [3.8, 4) is 0 Å². The normalized spacial score (nSPS) is 13.3. The Balaban J connectivity index is 2.81. The van der Waals surface area contributed by atoms with E-state index in [4.69, 9.17) is 5.73 Å². The van der Waals surface area contributed by atoms with Crippen molar-refractivity contribution < 1.29 is 4.39 Å². The Bertz CT molecular complexity index is 253. The largest absolute Gasteiger partial charge is 0.322 e. The summed E-state index contributed by atoms with van der Waals surface area (Å²) in [6, 6.07) is 7.35. The van der Waals surface area contributed by atoms with Gasteiger partial charge in [0.2, 0.25) is 0 Å². The van der Waals surface area contributed by atoms with Crippen LogP contribution in [-0.2, 0) is 0 Å². The molecule has 0 aliphatic carbocycles. The highest BCUT2D eigenvalue weighted by Crippen LogP contribution is 2.17. The highest BCUT2D eigenvalue weighted by Gasteiger charge is 2.05. The lowest BCUT2D eigenvalue weighted by Gasteiger charge is -2.09. The van der Waals surface area contributed by atoms with Gasteiger partial charge in [0.1, 0.15) is 6.67 Å². The van der Waals surface area contributed by atoms with Crippen LogP contribution in [-0.4, -0.2) is 6.67 Å². The third kappa shape index (κ3) is 2.52. The minimum atomic E-state index is -0.499. The summed E-state index contributed by atoms with van der Waals surface area (Å²) in [5, 5.41) is 0. The molecule has 0 fully saturated rings. The maximum atomic E-state index is 12.2. The Kier molecular flexibility index (Phi) is 3.43. The van der Waals surface area contributed by atoms with Gasteiger partial charge < -0.3 is 5.73 Å². The molecule has 0 bridgehead atoms. The molecule has 1 aromatic carbocycles. The monoisotopic (exact) mass is 181 g/mol. The lowest BCUT2D eigenvalue weighted by Crippen LogP contribution is -2.11. The topological polar surface area (TPSA) is 26.0 Å². The number of rotatable bonds is 3. The van der Waals surface area contributed by atoms with Gasteiger partial charge in [0.25, 0.3) is 0 Å². The van der Waals surface area contributed by atoms with Crippen LogP contribution in [0.15, 0.2) is 24.3 Å². The van der Waals surface area contributed by atoms with E-state index in [1.165, 1.54) is 5.56 Å². The van der Waals surface area contributed by atoms with Crippen molar-refractivity contribution >= 4 is 0 Å². The zero-order valence-electron chi connectivity index (χ0n) is 8.13. The maximum Gasteiger partial charge on any atom is 0.109 e. The third-order valence-electron chi connectivity index (χ3n) is 2.20. The minimum absolute atomic E-state index is 0.471. The summed E-state index contributed by atoms with van der Waals surface area (Å²) in [5.41, 5.74) is 7.67. The van der Waals surface area contributed by atoms with Crippen LogP contribution in [0, 0.1) is 0 Å². The molecule has 13 heavy (non-hydrogen) atoms. The first-order valence-corrected chi connectivity index (χ1v) is 4.56. The van der Waals surface area contributed by atoms with E-state index in [0.717, 1.165) is 5.56 Å². The molecule has 1 nitrogen and oxygen atoms in total. The van der Waals surface area contributed by atoms with Gasteiger partial charge >= 0.3 is 0 Å². The summed E-state index contributed by atoms with van der Waals surface area (Å²) >= 11 is 0. The average Bonchev–Trinajstić information content (AvgIpc) is 2.17. The number of halogens is 1. The molecule has 0 aliphatic rings. The predicted molar refractivity (Wildman–Crippen MR) is 53.4 cm³/mol. The van der Waals surface area contributed by atoms with Crippen molar-refractivity contribution in [2.24, 2.45) is 5.73 Å². The van der Waals surface area contributed by atoms with E-state index in [2.05, 4.69) is 13.8 Å². The predicted octanol–water partition coefficient (Wildman–Crippen LogP) is 2.78. The first-order chi connectivity index (χ1) is 6.15. The molecule has 0 aromatic heterocycles. The molecule has 72 valence electrons. The minimum Gasteiger partial charge on any atom is -0.322 e. The second kappa shape index (κ2) is 4.38. The standard InChI is InChI=1S/C11H16FN/c1-8(2)9-3-5-10(6-4-9)11(13)7-12/h3-6,8,11H,7,13H2,1-2H3/t11-/m1/s1. The van der Waals surface area contributed by atoms with Crippen LogP contribution in [0.2, 0.25) is 0 Å². The van der Waals surface area contributed by atoms with E-state index in [0.29, 0.717) is 5.92 Å². The lowest BCUT2D eigenvalue weighted by atomic mass is 10.00. The van der Waals surface area contributed by atoms with E-state index in [1.54, 1.807) is 0 Å². The summed E-state index contributed by atoms with van der Waals surface area (Å²) in [6.45, 7) is 3.76. The molecule has 0 unspecified atom stereocenters. The van der Waals surface area contributed by atoms with Crippen molar-refractivity contribution in [3.63, 3.8) is 0 Å². The molecule has 2 N–H and O–H groups in total. The fraction of sp³-hybridized carbons (Fsp3) is 0.455. The second-order valence-electron chi connectivity index (χ2n) is 3.58. The van der Waals surface area contributed by atoms with E-state index in [9.17, 15) is 4.39 Å². The average molecular weight is 181 g/mol. The summed E-state index contributed by atoms with van der Waals surface area (Å²) in [7, 11) is 0. The van der Waals surface area contributed by atoms with Crippen LogP contribution in [0.4, 0.5) is 4.39 Å². The first kappa shape index (κ1) is 10.2. The van der Waals surface area contributed by atoms with Gasteiger partial charge in [-0.1, -0.05) is 38.1 Å². The third-order valence-corrected chi connectivity index (χ3v) is 2.20. The Morgan fingerprint density at radius 2 is 1.62 bits per heavy atom. The van der Waals surface area contributed by atoms with Gasteiger partial charge in [-0.15, -0.1) is 0 Å². The molecule has 1 atom stereocenters. The van der Waals surface area contributed by atoms with Crippen LogP contribution in [0.1, 0.15) is 36.9 Å². The smallest absolute Gasteiger partial charge is 0.109 e. The Morgan fingerprint density at radius 3 is 2.00 bits per heavy atom. The van der Waals surface area contributed by atoms with E-state index < -0.39 is 12.7 Å². The fourth-order valence-corrected chi connectivity index (χ4v) is 1.22. The van der Waals surface area contributed by atoms with Gasteiger partial charge in [0.05, 0.1) is 6.04 Å². The van der Waals surface area contributed by atoms with E-state index in [-0.39, 0.29) is 0 Å². The summed E-state index contributed by atoms with van der Waals surface area (Å²) < 4.78 is 12.2. The Morgan fingerprint density at radius 1 is 1.15 bits per heavy atom. The summed E-state index contributed by atoms with van der Waals surface area (Å²) in [6.07, 6.45) is 0. The Hall–Kier alpha value is -0.890. The molecular weight excluding hydrogens is 165 g/mol. The van der Waals surface area contributed by atoms with E-state index >= 15 is 0 Å². The summed E-state index contributed by atoms with van der Waals surface area (Å²) in [4.78, 5) is 0. The lowest BCUT2D eigenvalue weighted by molar-refractivity contribution is 0.437. The van der Waals surface area contributed by atoms with Crippen molar-refractivity contribution in [2.45, 2.75) is 25.8 Å². The second-order valence-corrected chi connectivity index (χ2v) is 3.58. The van der Waals surface area contributed by atoms with Crippen molar-refractivity contribution in [3.05, 3.63) is 35.4 Å². The number of benzene rings is 1. The molecule has 1 rings (SSSR count). The number of hydrogen-bond acceptors (Lipinski definition) is 1. The van der Waals surface area contributed by atoms with Crippen LogP contribution >= 0.6 is 0 Å². The maximum absolute atomic E-state index is 12.2. The zero-order valence-corrected chi connectivity index (χ0v) is 8.13. The quantitative estimate of drug-likeness (QED) is 0.762. The van der Waals surface area contributed by atoms with Crippen LogP contribution in [0.5, 0.6) is 0 Å². The molecule has 0 saturated carbocycles. The van der Waals surface area contributed by atoms with Crippen molar-refractivity contribution in [1.82, 2.24) is 0 Å². The van der Waals surface area contributed by atoms with Gasteiger partial charge in [-0.05, 0) is 17.0 Å². The molecule has 0 radical (unpaired) electrons. The summed E-state index contributed by atoms with van der Waals surface area (Å²) in [5.74, 6) is 0.510. The van der Waals surface area contributed by atoms with Gasteiger partial charge in [-0.2, -0.15) is 0 Å². The molecule has 0 saturated heterocycles. The van der Waals surface area contributed by atoms with Crippen LogP contribution in [0.3, 0.4) is 0 Å². The molecule has 0 heterocycles. The highest BCUT2D eigenvalue weighted by molar-refractivity contribution is 5.26. The zero-order chi connectivity index (χ0) is 9.84. The molecular formula is C11H16FN. The van der Waals surface area contributed by atoms with Crippen LogP contribution < -0.4 is 5.73 Å². The first-order valence-electron chi connectivity index (χ1n) is 4.56. The van der Waals surface area contributed by atoms with Gasteiger partial charge in [0.15, 0.2) is 0 Å². The molecule has 1 aromatic rings. The molecule has 0 amide bonds. The number of alkyl halides is 1. The Labute approximate surface area is 78.8 Å². The SMILES string of the molecule is CC(C)c1ccc([C@H](N)CF)cc1. The van der Waals surface area contributed by atoms with Gasteiger partial charge in [0, 0.05) is 0 Å². The van der Waals surface area contributed by atoms with Crippen molar-refractivity contribution in [1.29, 1.82) is 0 Å². The molecule has 0 aliphatic heterocycles. The highest BCUT2D eigenvalue weighted by atomic mass is 19.1. The van der Waals surface area contributed by atoms with E-state index in [1.807, 2.05) is 24.3 Å². The number of hydrogen-bond donors (Lipinski definition) is 1. The fourth-order valence-electron chi connectivity index (χ4n) is 1.22. The van der Waals surface area contributed by atoms with Gasteiger partial charge in [-0.3, -0.25) is 0 Å². The van der Waals surface area contributed by atoms with Gasteiger partial charge in [-0.25, -0.2) is 4.39 Å². The number of nitrogens with two attached hydrogens (primary N) is 1.